The van der Waals surface area contributed by atoms with Crippen LogP contribution in [-0.4, -0.2) is 55.5 Å². The van der Waals surface area contributed by atoms with Crippen molar-refractivity contribution >= 4 is 5.91 Å². The molecule has 114 valence electrons. The third-order valence-electron chi connectivity index (χ3n) is 4.83. The fourth-order valence-corrected chi connectivity index (χ4v) is 3.73. The number of ether oxygens (including phenoxy) is 2. The number of hydrogen-bond acceptors (Lipinski definition) is 4. The molecule has 3 rings (SSSR count). The molecule has 5 heteroatoms. The monoisotopic (exact) mass is 282 g/mol. The van der Waals surface area contributed by atoms with Crippen LogP contribution in [0.4, 0.5) is 0 Å². The van der Waals surface area contributed by atoms with Crippen molar-refractivity contribution in [1.82, 2.24) is 10.2 Å². The van der Waals surface area contributed by atoms with Crippen LogP contribution in [0, 0.1) is 5.92 Å². The van der Waals surface area contributed by atoms with Crippen LogP contribution in [0.3, 0.4) is 0 Å². The topological polar surface area (TPSA) is 50.8 Å². The summed E-state index contributed by atoms with van der Waals surface area (Å²) in [4.78, 5) is 14.6. The molecular weight excluding hydrogens is 256 g/mol. The van der Waals surface area contributed by atoms with E-state index in [2.05, 4.69) is 12.2 Å². The molecule has 2 saturated heterocycles. The lowest BCUT2D eigenvalue weighted by atomic mass is 10.0. The molecule has 0 bridgehead atoms. The lowest BCUT2D eigenvalue weighted by molar-refractivity contribution is -0.138. The third-order valence-corrected chi connectivity index (χ3v) is 4.83. The van der Waals surface area contributed by atoms with Crippen LogP contribution in [0.1, 0.15) is 39.0 Å². The first kappa shape index (κ1) is 14.3. The summed E-state index contributed by atoms with van der Waals surface area (Å²) in [5, 5.41) is 3.55. The molecule has 3 atom stereocenters. The van der Waals surface area contributed by atoms with Crippen LogP contribution in [0.2, 0.25) is 0 Å². The summed E-state index contributed by atoms with van der Waals surface area (Å²) in [5.41, 5.74) is 0. The van der Waals surface area contributed by atoms with E-state index in [9.17, 15) is 4.79 Å². The molecule has 0 aromatic heterocycles. The van der Waals surface area contributed by atoms with Gasteiger partial charge < -0.3 is 14.4 Å². The summed E-state index contributed by atoms with van der Waals surface area (Å²) in [7, 11) is 0. The maximum atomic E-state index is 12.5. The second-order valence-corrected chi connectivity index (χ2v) is 6.18. The van der Waals surface area contributed by atoms with Gasteiger partial charge in [-0.05, 0) is 25.2 Å². The van der Waals surface area contributed by atoms with E-state index in [1.807, 2.05) is 4.90 Å². The first-order chi connectivity index (χ1) is 9.79. The number of amides is 1. The van der Waals surface area contributed by atoms with E-state index in [-0.39, 0.29) is 24.2 Å². The van der Waals surface area contributed by atoms with E-state index in [0.29, 0.717) is 32.3 Å². The number of carbonyl (C=O) groups excluding carboxylic acids is 1. The third kappa shape index (κ3) is 2.85. The molecule has 1 aliphatic carbocycles. The minimum atomic E-state index is -0.00916. The predicted molar refractivity (Wildman–Crippen MR) is 75.2 cm³/mol. The van der Waals surface area contributed by atoms with Crippen LogP contribution < -0.4 is 5.32 Å². The van der Waals surface area contributed by atoms with Crippen molar-refractivity contribution in [1.29, 1.82) is 0 Å². The fourth-order valence-electron chi connectivity index (χ4n) is 3.73. The van der Waals surface area contributed by atoms with E-state index in [1.54, 1.807) is 0 Å². The molecule has 3 aliphatic rings. The largest absolute Gasteiger partial charge is 0.376 e. The van der Waals surface area contributed by atoms with E-state index < -0.39 is 0 Å². The minimum Gasteiger partial charge on any atom is -0.376 e. The summed E-state index contributed by atoms with van der Waals surface area (Å²) in [5.74, 6) is 0.860. The van der Waals surface area contributed by atoms with Gasteiger partial charge in [-0.1, -0.05) is 19.8 Å². The average molecular weight is 282 g/mol. The van der Waals surface area contributed by atoms with Crippen molar-refractivity contribution < 1.29 is 14.3 Å². The van der Waals surface area contributed by atoms with Gasteiger partial charge in [-0.2, -0.15) is 0 Å². The Bertz CT molecular complexity index is 338. The Balaban J connectivity index is 1.67. The van der Waals surface area contributed by atoms with Crippen LogP contribution in [0.25, 0.3) is 0 Å². The molecule has 3 fully saturated rings. The van der Waals surface area contributed by atoms with Gasteiger partial charge in [0.05, 0.1) is 44.7 Å². The van der Waals surface area contributed by atoms with Gasteiger partial charge >= 0.3 is 0 Å². The highest BCUT2D eigenvalue weighted by molar-refractivity contribution is 5.84. The molecular formula is C15H26N2O3. The van der Waals surface area contributed by atoms with E-state index in [0.717, 1.165) is 6.42 Å². The summed E-state index contributed by atoms with van der Waals surface area (Å²) < 4.78 is 11.2. The minimum absolute atomic E-state index is 0.00916. The van der Waals surface area contributed by atoms with Crippen molar-refractivity contribution in [3.05, 3.63) is 0 Å². The Labute approximate surface area is 121 Å². The number of hydrogen-bond donors (Lipinski definition) is 1. The summed E-state index contributed by atoms with van der Waals surface area (Å²) in [6.07, 6.45) is 6.17. The summed E-state index contributed by atoms with van der Waals surface area (Å²) in [6, 6.07) is -0.00916. The molecule has 3 unspecified atom stereocenters. The second kappa shape index (κ2) is 6.41. The lowest BCUT2D eigenvalue weighted by Crippen LogP contribution is -2.48. The highest BCUT2D eigenvalue weighted by Crippen LogP contribution is 2.32. The van der Waals surface area contributed by atoms with Crippen molar-refractivity contribution in [3.63, 3.8) is 0 Å². The lowest BCUT2D eigenvalue weighted by Gasteiger charge is -2.33. The standard InChI is InChI=1S/C15H26N2O3/c1-2-13-15(18)17(9-12-10-19-7-8-20-12)14(16-13)11-5-3-4-6-11/h11-14,16H,2-10H2,1H3. The van der Waals surface area contributed by atoms with Crippen molar-refractivity contribution in [2.45, 2.75) is 57.3 Å². The van der Waals surface area contributed by atoms with E-state index >= 15 is 0 Å². The van der Waals surface area contributed by atoms with Gasteiger partial charge in [0.2, 0.25) is 5.91 Å². The number of rotatable bonds is 4. The van der Waals surface area contributed by atoms with Gasteiger partial charge in [-0.3, -0.25) is 10.1 Å². The van der Waals surface area contributed by atoms with Gasteiger partial charge in [0.15, 0.2) is 0 Å². The van der Waals surface area contributed by atoms with Gasteiger partial charge in [0.1, 0.15) is 0 Å². The molecule has 0 spiro atoms. The second-order valence-electron chi connectivity index (χ2n) is 6.18. The molecule has 0 radical (unpaired) electrons. The molecule has 5 nitrogen and oxygen atoms in total. The normalized spacial score (nSPS) is 36.0. The SMILES string of the molecule is CCC1NC(C2CCCC2)N(CC2COCCO2)C1=O. The van der Waals surface area contributed by atoms with Gasteiger partial charge in [0, 0.05) is 0 Å². The zero-order valence-corrected chi connectivity index (χ0v) is 12.3. The van der Waals surface area contributed by atoms with Crippen molar-refractivity contribution in [2.75, 3.05) is 26.4 Å². The Hall–Kier alpha value is -0.650. The van der Waals surface area contributed by atoms with E-state index in [4.69, 9.17) is 9.47 Å². The van der Waals surface area contributed by atoms with Crippen LogP contribution in [0.5, 0.6) is 0 Å². The maximum Gasteiger partial charge on any atom is 0.241 e. The predicted octanol–water partition coefficient (Wildman–Crippen LogP) is 1.13. The van der Waals surface area contributed by atoms with Gasteiger partial charge in [0.25, 0.3) is 0 Å². The first-order valence-corrected chi connectivity index (χ1v) is 8.05. The van der Waals surface area contributed by atoms with Crippen LogP contribution >= 0.6 is 0 Å². The molecule has 2 heterocycles. The fraction of sp³-hybridized carbons (Fsp3) is 0.933. The maximum absolute atomic E-state index is 12.5. The van der Waals surface area contributed by atoms with Crippen LogP contribution in [0.15, 0.2) is 0 Å². The van der Waals surface area contributed by atoms with Crippen molar-refractivity contribution in [3.8, 4) is 0 Å². The van der Waals surface area contributed by atoms with Crippen molar-refractivity contribution in [2.24, 2.45) is 5.92 Å². The number of nitrogens with zero attached hydrogens (tertiary/aromatic N) is 1. The summed E-state index contributed by atoms with van der Waals surface area (Å²) in [6.45, 7) is 4.67. The first-order valence-electron chi connectivity index (χ1n) is 8.05. The summed E-state index contributed by atoms with van der Waals surface area (Å²) >= 11 is 0. The van der Waals surface area contributed by atoms with E-state index in [1.165, 1.54) is 25.7 Å². The Morgan fingerprint density at radius 2 is 2.10 bits per heavy atom. The quantitative estimate of drug-likeness (QED) is 0.840. The Morgan fingerprint density at radius 1 is 1.30 bits per heavy atom. The molecule has 1 amide bonds. The zero-order chi connectivity index (χ0) is 13.9. The average Bonchev–Trinajstić information content (AvgIpc) is 3.10. The molecule has 0 aromatic carbocycles. The van der Waals surface area contributed by atoms with Gasteiger partial charge in [-0.15, -0.1) is 0 Å². The number of nitrogens with one attached hydrogen (secondary N) is 1. The number of carbonyl (C=O) groups is 1. The molecule has 20 heavy (non-hydrogen) atoms. The highest BCUT2D eigenvalue weighted by Gasteiger charge is 2.43. The molecule has 2 aliphatic heterocycles. The van der Waals surface area contributed by atoms with Gasteiger partial charge in [-0.25, -0.2) is 0 Å². The van der Waals surface area contributed by atoms with Crippen LogP contribution in [-0.2, 0) is 14.3 Å². The Morgan fingerprint density at radius 3 is 2.75 bits per heavy atom. The smallest absolute Gasteiger partial charge is 0.241 e. The molecule has 1 N–H and O–H groups in total. The molecule has 0 aromatic rings. The molecule has 1 saturated carbocycles. The zero-order valence-electron chi connectivity index (χ0n) is 12.3. The Kier molecular flexibility index (Phi) is 4.58. The highest BCUT2D eigenvalue weighted by atomic mass is 16.6.